The Hall–Kier alpha value is -1.99. The van der Waals surface area contributed by atoms with Gasteiger partial charge in [-0.2, -0.15) is 0 Å². The number of hydrogen-bond donors (Lipinski definition) is 2. The summed E-state index contributed by atoms with van der Waals surface area (Å²) in [5.41, 5.74) is 0.0148. The molecule has 1 rings (SSSR count). The molecule has 15 heavy (non-hydrogen) atoms. The van der Waals surface area contributed by atoms with E-state index in [1.807, 2.05) is 5.92 Å². The molecule has 0 atom stereocenters. The monoisotopic (exact) mass is 223 g/mol. The molecule has 2 N–H and O–H groups in total. The second-order valence-corrected chi connectivity index (χ2v) is 3.03. The fraction of sp³-hybridized carbons (Fsp3) is 0. The highest BCUT2D eigenvalue weighted by atomic mass is 35.5. The van der Waals surface area contributed by atoms with Crippen LogP contribution in [-0.4, -0.2) is 17.0 Å². The lowest BCUT2D eigenvalue weighted by molar-refractivity contribution is -0.111. The molecule has 1 aromatic carbocycles. The van der Waals surface area contributed by atoms with Gasteiger partial charge < -0.3 is 10.4 Å². The fourth-order valence-electron chi connectivity index (χ4n) is 0.965. The predicted octanol–water partition coefficient (Wildman–Crippen LogP) is 1.61. The van der Waals surface area contributed by atoms with Crippen LogP contribution in [-0.2, 0) is 4.79 Å². The molecule has 0 fully saturated rings. The zero-order valence-electron chi connectivity index (χ0n) is 7.45. The molecule has 0 saturated carbocycles. The number of aromatic carboxylic acids is 1. The average Bonchev–Trinajstić information content (AvgIpc) is 2.17. The summed E-state index contributed by atoms with van der Waals surface area (Å²) in [6.07, 6.45) is 4.84. The van der Waals surface area contributed by atoms with E-state index in [1.165, 1.54) is 18.2 Å². The number of benzene rings is 1. The summed E-state index contributed by atoms with van der Waals surface area (Å²) in [7, 11) is 0. The van der Waals surface area contributed by atoms with E-state index in [1.54, 1.807) is 0 Å². The normalized spacial score (nSPS) is 9.07. The van der Waals surface area contributed by atoms with Gasteiger partial charge in [0, 0.05) is 5.02 Å². The van der Waals surface area contributed by atoms with E-state index in [9.17, 15) is 9.59 Å². The van der Waals surface area contributed by atoms with Gasteiger partial charge in [-0.05, 0) is 24.1 Å². The van der Waals surface area contributed by atoms with Crippen LogP contribution in [0, 0.1) is 12.3 Å². The molecule has 0 radical (unpaired) electrons. The molecule has 1 aromatic rings. The summed E-state index contributed by atoms with van der Waals surface area (Å²) in [4.78, 5) is 21.6. The van der Waals surface area contributed by atoms with Crippen LogP contribution in [0.15, 0.2) is 18.2 Å². The van der Waals surface area contributed by atoms with Gasteiger partial charge in [0.25, 0.3) is 5.91 Å². The molecule has 0 aromatic heterocycles. The van der Waals surface area contributed by atoms with Gasteiger partial charge in [-0.25, -0.2) is 4.79 Å². The van der Waals surface area contributed by atoms with Crippen molar-refractivity contribution < 1.29 is 14.7 Å². The zero-order valence-corrected chi connectivity index (χ0v) is 8.21. The third-order valence-corrected chi connectivity index (χ3v) is 1.83. The molecule has 76 valence electrons. The lowest BCUT2D eigenvalue weighted by Gasteiger charge is -2.05. The average molecular weight is 224 g/mol. The van der Waals surface area contributed by atoms with Crippen molar-refractivity contribution >= 4 is 29.2 Å². The van der Waals surface area contributed by atoms with Crippen LogP contribution in [0.25, 0.3) is 0 Å². The van der Waals surface area contributed by atoms with Gasteiger partial charge in [0.15, 0.2) is 0 Å². The molecule has 4 nitrogen and oxygen atoms in total. The standard InChI is InChI=1S/C10H6ClNO3/c1-2-9(13)12-8-5-6(11)3-4-7(8)10(14)15/h1,3-5H,(H,12,13)(H,14,15). The maximum Gasteiger partial charge on any atom is 0.337 e. The molecule has 0 heterocycles. The highest BCUT2D eigenvalue weighted by molar-refractivity contribution is 6.31. The zero-order chi connectivity index (χ0) is 11.4. The Morgan fingerprint density at radius 3 is 2.67 bits per heavy atom. The minimum absolute atomic E-state index is 0.0667. The first-order valence-electron chi connectivity index (χ1n) is 3.85. The van der Waals surface area contributed by atoms with Gasteiger partial charge in [-0.15, -0.1) is 6.42 Å². The molecule has 0 unspecified atom stereocenters. The van der Waals surface area contributed by atoms with Crippen molar-refractivity contribution in [3.05, 3.63) is 28.8 Å². The fourth-order valence-corrected chi connectivity index (χ4v) is 1.14. The van der Waals surface area contributed by atoms with Crippen LogP contribution in [0.1, 0.15) is 10.4 Å². The number of carboxylic acid groups (broad SMARTS) is 1. The van der Waals surface area contributed by atoms with E-state index in [0.29, 0.717) is 5.02 Å². The molecule has 0 aliphatic carbocycles. The van der Waals surface area contributed by atoms with Gasteiger partial charge in [-0.3, -0.25) is 4.79 Å². The molecule has 1 amide bonds. The number of anilines is 1. The third-order valence-electron chi connectivity index (χ3n) is 1.59. The van der Waals surface area contributed by atoms with Gasteiger partial charge in [-0.1, -0.05) is 11.6 Å². The molecular formula is C10H6ClNO3. The Kier molecular flexibility index (Phi) is 3.32. The largest absolute Gasteiger partial charge is 0.478 e. The highest BCUT2D eigenvalue weighted by Crippen LogP contribution is 2.20. The summed E-state index contributed by atoms with van der Waals surface area (Å²) in [5.74, 6) is -0.0770. The number of halogens is 1. The summed E-state index contributed by atoms with van der Waals surface area (Å²) in [5, 5.41) is 11.4. The van der Waals surface area contributed by atoms with Crippen LogP contribution >= 0.6 is 11.6 Å². The molecular weight excluding hydrogens is 218 g/mol. The quantitative estimate of drug-likeness (QED) is 0.749. The van der Waals surface area contributed by atoms with E-state index in [0.717, 1.165) is 0 Å². The summed E-state index contributed by atoms with van der Waals surface area (Å²) >= 11 is 5.65. The minimum Gasteiger partial charge on any atom is -0.478 e. The van der Waals surface area contributed by atoms with E-state index in [-0.39, 0.29) is 11.3 Å². The van der Waals surface area contributed by atoms with Crippen LogP contribution < -0.4 is 5.32 Å². The Morgan fingerprint density at radius 1 is 1.47 bits per heavy atom. The molecule has 5 heteroatoms. The summed E-state index contributed by atoms with van der Waals surface area (Å²) in [6.45, 7) is 0. The number of carbonyl (C=O) groups excluding carboxylic acids is 1. The van der Waals surface area contributed by atoms with Crippen LogP contribution in [0.2, 0.25) is 5.02 Å². The maximum absolute atomic E-state index is 10.9. The van der Waals surface area contributed by atoms with Gasteiger partial charge in [0.2, 0.25) is 0 Å². The van der Waals surface area contributed by atoms with E-state index in [4.69, 9.17) is 23.1 Å². The van der Waals surface area contributed by atoms with Crippen molar-refractivity contribution in [3.8, 4) is 12.3 Å². The second-order valence-electron chi connectivity index (χ2n) is 2.59. The molecule has 0 saturated heterocycles. The summed E-state index contributed by atoms with van der Waals surface area (Å²) < 4.78 is 0. The van der Waals surface area contributed by atoms with Crippen molar-refractivity contribution in [3.63, 3.8) is 0 Å². The van der Waals surface area contributed by atoms with E-state index >= 15 is 0 Å². The van der Waals surface area contributed by atoms with Gasteiger partial charge in [0.1, 0.15) is 0 Å². The van der Waals surface area contributed by atoms with Crippen molar-refractivity contribution in [2.45, 2.75) is 0 Å². The van der Waals surface area contributed by atoms with Crippen molar-refractivity contribution in [2.75, 3.05) is 5.32 Å². The van der Waals surface area contributed by atoms with Gasteiger partial charge >= 0.3 is 5.97 Å². The van der Waals surface area contributed by atoms with E-state index < -0.39 is 11.9 Å². The Labute approximate surface area is 90.9 Å². The SMILES string of the molecule is C#CC(=O)Nc1cc(Cl)ccc1C(=O)O. The number of hydrogen-bond acceptors (Lipinski definition) is 2. The lowest BCUT2D eigenvalue weighted by atomic mass is 10.2. The summed E-state index contributed by atoms with van der Waals surface area (Å²) in [6, 6.07) is 4.02. The van der Waals surface area contributed by atoms with E-state index in [2.05, 4.69) is 5.32 Å². The minimum atomic E-state index is -1.17. The first kappa shape index (κ1) is 11.1. The van der Waals surface area contributed by atoms with Crippen LogP contribution in [0.5, 0.6) is 0 Å². The number of carbonyl (C=O) groups is 2. The molecule has 0 spiro atoms. The van der Waals surface area contributed by atoms with Crippen molar-refractivity contribution in [2.24, 2.45) is 0 Å². The van der Waals surface area contributed by atoms with Crippen LogP contribution in [0.4, 0.5) is 5.69 Å². The number of terminal acetylenes is 1. The number of carboxylic acids is 1. The molecule has 0 aliphatic rings. The van der Waals surface area contributed by atoms with Crippen LogP contribution in [0.3, 0.4) is 0 Å². The number of amides is 1. The Balaban J connectivity index is 3.14. The molecule has 0 bridgehead atoms. The smallest absolute Gasteiger partial charge is 0.337 e. The number of rotatable bonds is 2. The topological polar surface area (TPSA) is 66.4 Å². The first-order chi connectivity index (χ1) is 7.04. The second kappa shape index (κ2) is 4.49. The predicted molar refractivity (Wildman–Crippen MR) is 55.9 cm³/mol. The highest BCUT2D eigenvalue weighted by Gasteiger charge is 2.11. The van der Waals surface area contributed by atoms with Crippen molar-refractivity contribution in [1.82, 2.24) is 0 Å². The number of nitrogens with one attached hydrogen (secondary N) is 1. The first-order valence-corrected chi connectivity index (χ1v) is 4.23. The lowest BCUT2D eigenvalue weighted by Crippen LogP contribution is -2.12. The maximum atomic E-state index is 10.9. The molecule has 0 aliphatic heterocycles. The Morgan fingerprint density at radius 2 is 2.13 bits per heavy atom. The Bertz CT molecular complexity index is 462. The third kappa shape index (κ3) is 2.73. The van der Waals surface area contributed by atoms with Crippen molar-refractivity contribution in [1.29, 1.82) is 0 Å². The van der Waals surface area contributed by atoms with Gasteiger partial charge in [0.05, 0.1) is 11.3 Å².